The highest BCUT2D eigenvalue weighted by Gasteiger charge is 2.46. The number of carbonyl (C=O) groups is 1. The Morgan fingerprint density at radius 3 is 2.80 bits per heavy atom. The number of aryl methyl sites for hydroxylation is 1. The van der Waals surface area contributed by atoms with Gasteiger partial charge in [-0.2, -0.15) is 0 Å². The molecule has 0 fully saturated rings. The zero-order valence-corrected chi connectivity index (χ0v) is 16.1. The molecule has 2 atom stereocenters. The van der Waals surface area contributed by atoms with Crippen LogP contribution in [0.1, 0.15) is 77.3 Å². The molecule has 136 valence electrons. The van der Waals surface area contributed by atoms with Gasteiger partial charge in [0.1, 0.15) is 17.1 Å². The number of unbranched alkanes of at least 4 members (excludes halogenated alkanes) is 1. The van der Waals surface area contributed by atoms with Gasteiger partial charge >= 0.3 is 5.97 Å². The third-order valence-corrected chi connectivity index (χ3v) is 5.62. The number of allylic oxidation sites excluding steroid dienone is 2. The summed E-state index contributed by atoms with van der Waals surface area (Å²) in [6, 6.07) is 4.23. The van der Waals surface area contributed by atoms with Crippen molar-refractivity contribution in [3.63, 3.8) is 0 Å². The highest BCUT2D eigenvalue weighted by molar-refractivity contribution is 5.71. The van der Waals surface area contributed by atoms with Crippen LogP contribution in [0.4, 0.5) is 0 Å². The maximum atomic E-state index is 11.7. The molecular weight excluding hydrogens is 312 g/mol. The molecule has 0 spiro atoms. The molecule has 3 nitrogen and oxygen atoms in total. The monoisotopic (exact) mass is 342 g/mol. The second-order valence-corrected chi connectivity index (χ2v) is 8.11. The van der Waals surface area contributed by atoms with E-state index in [4.69, 9.17) is 9.47 Å². The minimum Gasteiger partial charge on any atom is -0.487 e. The smallest absolute Gasteiger partial charge is 0.308 e. The van der Waals surface area contributed by atoms with Gasteiger partial charge in [-0.1, -0.05) is 25.0 Å². The first-order valence-electron chi connectivity index (χ1n) is 9.51. The molecular formula is C22H30O3. The summed E-state index contributed by atoms with van der Waals surface area (Å²) < 4.78 is 12.1. The number of fused-ring (bicyclic) bond motifs is 3. The van der Waals surface area contributed by atoms with E-state index in [0.717, 1.165) is 43.4 Å². The molecule has 1 aromatic carbocycles. The Balaban J connectivity index is 2.11. The Hall–Kier alpha value is -1.77. The number of esters is 1. The Kier molecular flexibility index (Phi) is 4.95. The second-order valence-electron chi connectivity index (χ2n) is 8.11. The number of hydrogen-bond acceptors (Lipinski definition) is 3. The second kappa shape index (κ2) is 6.86. The number of hydrogen-bond donors (Lipinski definition) is 0. The molecule has 3 heteroatoms. The standard InChI is InChI=1S/C22H30O3/c1-6-7-8-16-12-19(24-15(3)23)21-17-11-14(2)9-10-18(17)22(4,5)25-20(21)13-16/h9,12-13,17-18H,6-8,10-11H2,1-5H3/t17-,18-/m1/s1. The molecule has 0 saturated heterocycles. The van der Waals surface area contributed by atoms with E-state index < -0.39 is 0 Å². The molecule has 1 aliphatic heterocycles. The van der Waals surface area contributed by atoms with Crippen molar-refractivity contribution in [2.24, 2.45) is 5.92 Å². The van der Waals surface area contributed by atoms with Crippen LogP contribution in [-0.2, 0) is 11.2 Å². The fourth-order valence-corrected chi connectivity index (χ4v) is 4.37. The topological polar surface area (TPSA) is 35.5 Å². The van der Waals surface area contributed by atoms with Crippen molar-refractivity contribution in [3.8, 4) is 11.5 Å². The van der Waals surface area contributed by atoms with Crippen molar-refractivity contribution in [1.29, 1.82) is 0 Å². The molecule has 0 saturated carbocycles. The van der Waals surface area contributed by atoms with E-state index in [0.29, 0.717) is 17.6 Å². The Bertz CT molecular complexity index is 699. The lowest BCUT2D eigenvalue weighted by Gasteiger charge is -2.47. The van der Waals surface area contributed by atoms with Crippen LogP contribution < -0.4 is 9.47 Å². The predicted molar refractivity (Wildman–Crippen MR) is 100 cm³/mol. The van der Waals surface area contributed by atoms with Crippen LogP contribution in [0.5, 0.6) is 11.5 Å². The molecule has 0 amide bonds. The molecule has 1 aromatic rings. The van der Waals surface area contributed by atoms with Crippen LogP contribution in [-0.4, -0.2) is 11.6 Å². The molecule has 1 aliphatic carbocycles. The first-order chi connectivity index (χ1) is 11.8. The first-order valence-corrected chi connectivity index (χ1v) is 9.51. The highest BCUT2D eigenvalue weighted by atomic mass is 16.5. The number of carbonyl (C=O) groups excluding carboxylic acids is 1. The molecule has 0 radical (unpaired) electrons. The lowest BCUT2D eigenvalue weighted by atomic mass is 9.67. The predicted octanol–water partition coefficient (Wildman–Crippen LogP) is 5.57. The molecule has 0 N–H and O–H groups in total. The molecule has 0 bridgehead atoms. The SMILES string of the molecule is CCCCc1cc(OC(C)=O)c2c(c1)OC(C)(C)[C@@H]1CC=C(C)C[C@@H]21. The highest BCUT2D eigenvalue weighted by Crippen LogP contribution is 2.54. The van der Waals surface area contributed by atoms with Crippen LogP contribution in [0.15, 0.2) is 23.8 Å². The van der Waals surface area contributed by atoms with Gasteiger partial charge in [0.2, 0.25) is 0 Å². The number of benzene rings is 1. The summed E-state index contributed by atoms with van der Waals surface area (Å²) in [5.74, 6) is 2.10. The maximum absolute atomic E-state index is 11.7. The Morgan fingerprint density at radius 2 is 2.12 bits per heavy atom. The normalized spacial score (nSPS) is 23.8. The van der Waals surface area contributed by atoms with Gasteiger partial charge in [-0.25, -0.2) is 0 Å². The largest absolute Gasteiger partial charge is 0.487 e. The van der Waals surface area contributed by atoms with Crippen molar-refractivity contribution in [2.45, 2.75) is 78.2 Å². The minimum atomic E-state index is -0.265. The van der Waals surface area contributed by atoms with Crippen LogP contribution in [0.25, 0.3) is 0 Å². The van der Waals surface area contributed by atoms with Gasteiger partial charge in [-0.3, -0.25) is 4.79 Å². The van der Waals surface area contributed by atoms with Gasteiger partial charge in [-0.05, 0) is 64.2 Å². The van der Waals surface area contributed by atoms with E-state index in [1.54, 1.807) is 0 Å². The third kappa shape index (κ3) is 3.61. The lowest BCUT2D eigenvalue weighted by Crippen LogP contribution is -2.45. The first kappa shape index (κ1) is 18.0. The maximum Gasteiger partial charge on any atom is 0.308 e. The average molecular weight is 342 g/mol. The molecule has 0 unspecified atom stereocenters. The van der Waals surface area contributed by atoms with Crippen molar-refractivity contribution in [2.75, 3.05) is 0 Å². The molecule has 0 aromatic heterocycles. The van der Waals surface area contributed by atoms with Crippen LogP contribution in [0.3, 0.4) is 0 Å². The number of rotatable bonds is 4. The summed E-state index contributed by atoms with van der Waals surface area (Å²) in [6.45, 7) is 10.2. The lowest BCUT2D eigenvalue weighted by molar-refractivity contribution is -0.132. The van der Waals surface area contributed by atoms with E-state index in [2.05, 4.69) is 45.9 Å². The Labute approximate surface area is 151 Å². The van der Waals surface area contributed by atoms with Gasteiger partial charge in [-0.15, -0.1) is 0 Å². The average Bonchev–Trinajstić information content (AvgIpc) is 2.51. The van der Waals surface area contributed by atoms with Crippen molar-refractivity contribution < 1.29 is 14.3 Å². The van der Waals surface area contributed by atoms with E-state index in [1.807, 2.05) is 0 Å². The van der Waals surface area contributed by atoms with E-state index >= 15 is 0 Å². The van der Waals surface area contributed by atoms with Gasteiger partial charge in [0.25, 0.3) is 0 Å². The number of ether oxygens (including phenoxy) is 2. The molecule has 3 rings (SSSR count). The van der Waals surface area contributed by atoms with Gasteiger partial charge in [0, 0.05) is 24.3 Å². The fourth-order valence-electron chi connectivity index (χ4n) is 4.37. The van der Waals surface area contributed by atoms with Crippen molar-refractivity contribution in [3.05, 3.63) is 34.9 Å². The zero-order valence-electron chi connectivity index (χ0n) is 16.1. The van der Waals surface area contributed by atoms with E-state index in [9.17, 15) is 4.79 Å². The van der Waals surface area contributed by atoms with Gasteiger partial charge in [0.15, 0.2) is 0 Å². The van der Waals surface area contributed by atoms with Crippen LogP contribution in [0, 0.1) is 5.92 Å². The van der Waals surface area contributed by atoms with E-state index in [1.165, 1.54) is 18.1 Å². The minimum absolute atomic E-state index is 0.217. The van der Waals surface area contributed by atoms with Crippen LogP contribution in [0.2, 0.25) is 0 Å². The van der Waals surface area contributed by atoms with Gasteiger partial charge in [0.05, 0.1) is 0 Å². The Morgan fingerprint density at radius 1 is 1.36 bits per heavy atom. The molecule has 2 aliphatic rings. The van der Waals surface area contributed by atoms with Crippen molar-refractivity contribution in [1.82, 2.24) is 0 Å². The summed E-state index contributed by atoms with van der Waals surface area (Å²) in [6.07, 6.45) is 7.59. The summed E-state index contributed by atoms with van der Waals surface area (Å²) in [4.78, 5) is 11.7. The fraction of sp³-hybridized carbons (Fsp3) is 0.591. The van der Waals surface area contributed by atoms with Gasteiger partial charge < -0.3 is 9.47 Å². The summed E-state index contributed by atoms with van der Waals surface area (Å²) in [5.41, 5.74) is 3.47. The molecule has 25 heavy (non-hydrogen) atoms. The molecule has 1 heterocycles. The quantitative estimate of drug-likeness (QED) is 0.408. The van der Waals surface area contributed by atoms with Crippen molar-refractivity contribution >= 4 is 5.97 Å². The van der Waals surface area contributed by atoms with E-state index in [-0.39, 0.29) is 11.6 Å². The summed E-state index contributed by atoms with van der Waals surface area (Å²) >= 11 is 0. The third-order valence-electron chi connectivity index (χ3n) is 5.62. The zero-order chi connectivity index (χ0) is 18.2. The van der Waals surface area contributed by atoms with Crippen LogP contribution >= 0.6 is 0 Å². The summed E-state index contributed by atoms with van der Waals surface area (Å²) in [5, 5.41) is 0. The summed E-state index contributed by atoms with van der Waals surface area (Å²) in [7, 11) is 0.